The van der Waals surface area contributed by atoms with Gasteiger partial charge >= 0.3 is 0 Å². The molecule has 104 valence electrons. The summed E-state index contributed by atoms with van der Waals surface area (Å²) in [6.07, 6.45) is 4.40. The predicted molar refractivity (Wildman–Crippen MR) is 77.4 cm³/mol. The topological polar surface area (TPSA) is 51.2 Å². The molecule has 0 bridgehead atoms. The molecule has 1 amide bonds. The molecule has 2 rings (SSSR count). The lowest BCUT2D eigenvalue weighted by molar-refractivity contribution is -0.123. The van der Waals surface area contributed by atoms with Crippen molar-refractivity contribution in [3.63, 3.8) is 0 Å². The molecule has 0 unspecified atom stereocenters. The van der Waals surface area contributed by atoms with Crippen molar-refractivity contribution in [1.29, 1.82) is 0 Å². The van der Waals surface area contributed by atoms with E-state index in [0.29, 0.717) is 12.3 Å². The summed E-state index contributed by atoms with van der Waals surface area (Å²) in [6.45, 7) is 2.61. The summed E-state index contributed by atoms with van der Waals surface area (Å²) < 4.78 is 5.43. The molecule has 1 aromatic heterocycles. The quantitative estimate of drug-likeness (QED) is 0.876. The minimum absolute atomic E-state index is 0.0244. The zero-order chi connectivity index (χ0) is 14.2. The van der Waals surface area contributed by atoms with Crippen LogP contribution in [0.15, 0.2) is 48.8 Å². The Morgan fingerprint density at radius 2 is 1.80 bits per heavy atom. The van der Waals surface area contributed by atoms with Gasteiger partial charge in [0.1, 0.15) is 5.75 Å². The van der Waals surface area contributed by atoms with Crippen molar-refractivity contribution < 1.29 is 9.53 Å². The number of hydrogen-bond acceptors (Lipinski definition) is 3. The highest BCUT2D eigenvalue weighted by Crippen LogP contribution is 2.12. The van der Waals surface area contributed by atoms with Crippen molar-refractivity contribution in [3.8, 4) is 5.75 Å². The number of amides is 1. The van der Waals surface area contributed by atoms with Gasteiger partial charge in [-0.2, -0.15) is 0 Å². The Bertz CT molecular complexity index is 538. The first kappa shape index (κ1) is 14.1. The van der Waals surface area contributed by atoms with Gasteiger partial charge < -0.3 is 10.1 Å². The van der Waals surface area contributed by atoms with Crippen molar-refractivity contribution in [2.75, 3.05) is 6.61 Å². The molecule has 2 aromatic rings. The highest BCUT2D eigenvalue weighted by molar-refractivity contribution is 5.77. The molecule has 0 aliphatic carbocycles. The first-order valence-corrected chi connectivity index (χ1v) is 6.65. The minimum atomic E-state index is -0.138. The van der Waals surface area contributed by atoms with Crippen LogP contribution in [0.3, 0.4) is 0 Å². The molecule has 0 fully saturated rings. The van der Waals surface area contributed by atoms with Gasteiger partial charge in [-0.15, -0.1) is 0 Å². The summed E-state index contributed by atoms with van der Waals surface area (Å²) in [5, 5.41) is 2.80. The number of pyridine rings is 1. The zero-order valence-corrected chi connectivity index (χ0v) is 11.5. The molecule has 1 aromatic carbocycles. The number of carbonyl (C=O) groups excluding carboxylic acids is 1. The van der Waals surface area contributed by atoms with E-state index in [1.54, 1.807) is 12.4 Å². The lowest BCUT2D eigenvalue weighted by Crippen LogP contribution is -2.28. The third-order valence-electron chi connectivity index (χ3n) is 2.94. The number of aryl methyl sites for hydroxylation is 1. The number of rotatable bonds is 6. The SMILES string of the molecule is CCc1ccc(OCC(=O)NCc2ccncc2)cc1. The second-order valence-corrected chi connectivity index (χ2v) is 4.42. The fourth-order valence-corrected chi connectivity index (χ4v) is 1.72. The molecule has 4 nitrogen and oxygen atoms in total. The minimum Gasteiger partial charge on any atom is -0.484 e. The van der Waals surface area contributed by atoms with Crippen molar-refractivity contribution in [1.82, 2.24) is 10.3 Å². The van der Waals surface area contributed by atoms with Crippen molar-refractivity contribution >= 4 is 5.91 Å². The largest absolute Gasteiger partial charge is 0.484 e. The van der Waals surface area contributed by atoms with Gasteiger partial charge in [-0.05, 0) is 41.8 Å². The van der Waals surface area contributed by atoms with Gasteiger partial charge in [-0.1, -0.05) is 19.1 Å². The van der Waals surface area contributed by atoms with E-state index in [9.17, 15) is 4.79 Å². The van der Waals surface area contributed by atoms with Gasteiger partial charge in [0.2, 0.25) is 0 Å². The first-order valence-electron chi connectivity index (χ1n) is 6.65. The summed E-state index contributed by atoms with van der Waals surface area (Å²) in [5.41, 5.74) is 2.26. The molecular formula is C16H18N2O2. The summed E-state index contributed by atoms with van der Waals surface area (Å²) >= 11 is 0. The molecule has 20 heavy (non-hydrogen) atoms. The number of hydrogen-bond donors (Lipinski definition) is 1. The van der Waals surface area contributed by atoms with E-state index >= 15 is 0 Å². The van der Waals surface area contributed by atoms with E-state index in [-0.39, 0.29) is 12.5 Å². The Hall–Kier alpha value is -2.36. The van der Waals surface area contributed by atoms with Gasteiger partial charge in [0.15, 0.2) is 6.61 Å². The van der Waals surface area contributed by atoms with Gasteiger partial charge in [0.05, 0.1) is 0 Å². The Morgan fingerprint density at radius 3 is 2.45 bits per heavy atom. The molecule has 4 heteroatoms. The van der Waals surface area contributed by atoms with Crippen LogP contribution in [0.5, 0.6) is 5.75 Å². The Morgan fingerprint density at radius 1 is 1.10 bits per heavy atom. The molecule has 0 radical (unpaired) electrons. The predicted octanol–water partition coefficient (Wildman–Crippen LogP) is 2.34. The fourth-order valence-electron chi connectivity index (χ4n) is 1.72. The molecule has 0 saturated carbocycles. The van der Waals surface area contributed by atoms with Crippen molar-refractivity contribution in [3.05, 3.63) is 59.9 Å². The third kappa shape index (κ3) is 4.39. The second-order valence-electron chi connectivity index (χ2n) is 4.42. The summed E-state index contributed by atoms with van der Waals surface area (Å²) in [5.74, 6) is 0.572. The van der Waals surface area contributed by atoms with Gasteiger partial charge in [0, 0.05) is 18.9 Å². The monoisotopic (exact) mass is 270 g/mol. The molecule has 0 aliphatic heterocycles. The molecular weight excluding hydrogens is 252 g/mol. The Labute approximate surface area is 118 Å². The number of carbonyl (C=O) groups is 1. The lowest BCUT2D eigenvalue weighted by atomic mass is 10.2. The molecule has 1 heterocycles. The number of ether oxygens (including phenoxy) is 1. The Kier molecular flexibility index (Phi) is 5.12. The van der Waals surface area contributed by atoms with Crippen LogP contribution in [0.25, 0.3) is 0 Å². The normalized spacial score (nSPS) is 10.1. The van der Waals surface area contributed by atoms with E-state index in [0.717, 1.165) is 12.0 Å². The van der Waals surface area contributed by atoms with Crippen molar-refractivity contribution in [2.45, 2.75) is 19.9 Å². The van der Waals surface area contributed by atoms with E-state index in [1.807, 2.05) is 36.4 Å². The summed E-state index contributed by atoms with van der Waals surface area (Å²) in [6, 6.07) is 11.5. The number of aromatic nitrogens is 1. The van der Waals surface area contributed by atoms with Crippen LogP contribution in [-0.2, 0) is 17.8 Å². The van der Waals surface area contributed by atoms with Crippen LogP contribution in [-0.4, -0.2) is 17.5 Å². The molecule has 0 spiro atoms. The highest BCUT2D eigenvalue weighted by Gasteiger charge is 2.02. The maximum absolute atomic E-state index is 11.7. The highest BCUT2D eigenvalue weighted by atomic mass is 16.5. The van der Waals surface area contributed by atoms with Crippen LogP contribution in [0.1, 0.15) is 18.1 Å². The van der Waals surface area contributed by atoms with Gasteiger partial charge in [-0.3, -0.25) is 9.78 Å². The first-order chi connectivity index (χ1) is 9.78. The van der Waals surface area contributed by atoms with Crippen LogP contribution in [0.2, 0.25) is 0 Å². The molecule has 1 N–H and O–H groups in total. The summed E-state index contributed by atoms with van der Waals surface area (Å²) in [7, 11) is 0. The molecule has 0 saturated heterocycles. The van der Waals surface area contributed by atoms with E-state index in [4.69, 9.17) is 4.74 Å². The van der Waals surface area contributed by atoms with Crippen LogP contribution < -0.4 is 10.1 Å². The van der Waals surface area contributed by atoms with Crippen LogP contribution >= 0.6 is 0 Å². The van der Waals surface area contributed by atoms with Gasteiger partial charge in [-0.25, -0.2) is 0 Å². The molecule has 0 atom stereocenters. The van der Waals surface area contributed by atoms with E-state index in [2.05, 4.69) is 17.2 Å². The zero-order valence-electron chi connectivity index (χ0n) is 11.5. The number of nitrogens with one attached hydrogen (secondary N) is 1. The fraction of sp³-hybridized carbons (Fsp3) is 0.250. The maximum atomic E-state index is 11.7. The van der Waals surface area contributed by atoms with Crippen LogP contribution in [0.4, 0.5) is 0 Å². The standard InChI is InChI=1S/C16H18N2O2/c1-2-13-3-5-15(6-4-13)20-12-16(19)18-11-14-7-9-17-10-8-14/h3-10H,2,11-12H2,1H3,(H,18,19). The average Bonchev–Trinajstić information content (AvgIpc) is 2.52. The lowest BCUT2D eigenvalue weighted by Gasteiger charge is -2.08. The van der Waals surface area contributed by atoms with Crippen molar-refractivity contribution in [2.24, 2.45) is 0 Å². The molecule has 0 aliphatic rings. The third-order valence-corrected chi connectivity index (χ3v) is 2.94. The van der Waals surface area contributed by atoms with Gasteiger partial charge in [0.25, 0.3) is 5.91 Å². The maximum Gasteiger partial charge on any atom is 0.258 e. The number of benzene rings is 1. The number of nitrogens with zero attached hydrogens (tertiary/aromatic N) is 1. The average molecular weight is 270 g/mol. The second kappa shape index (κ2) is 7.28. The van der Waals surface area contributed by atoms with Crippen LogP contribution in [0, 0.1) is 0 Å². The Balaban J connectivity index is 1.74. The van der Waals surface area contributed by atoms with E-state index in [1.165, 1.54) is 5.56 Å². The summed E-state index contributed by atoms with van der Waals surface area (Å²) in [4.78, 5) is 15.6. The smallest absolute Gasteiger partial charge is 0.258 e. The van der Waals surface area contributed by atoms with E-state index < -0.39 is 0 Å².